The van der Waals surface area contributed by atoms with E-state index in [2.05, 4.69) is 10.4 Å². The molecule has 0 bridgehead atoms. The number of benzene rings is 1. The van der Waals surface area contributed by atoms with E-state index in [0.29, 0.717) is 24.4 Å². The maximum atomic E-state index is 13.2. The molecule has 1 aromatic carbocycles. The topological polar surface area (TPSA) is 68.9 Å². The van der Waals surface area contributed by atoms with Crippen molar-refractivity contribution >= 4 is 17.5 Å². The second-order valence-corrected chi connectivity index (χ2v) is 7.42. The highest BCUT2D eigenvalue weighted by Gasteiger charge is 2.33. The molecule has 1 atom stereocenters. The van der Waals surface area contributed by atoms with Gasteiger partial charge in [-0.05, 0) is 49.8 Å². The number of nitrogens with one attached hydrogen (secondary N) is 1. The van der Waals surface area contributed by atoms with E-state index >= 15 is 0 Å². The summed E-state index contributed by atoms with van der Waals surface area (Å²) < 4.78 is 16.1. The van der Waals surface area contributed by atoms with Crippen molar-refractivity contribution in [3.8, 4) is 0 Å². The summed E-state index contributed by atoms with van der Waals surface area (Å²) in [7, 11) is 0. The molecule has 8 heteroatoms. The second-order valence-electron chi connectivity index (χ2n) is 7.02. The van der Waals surface area contributed by atoms with Gasteiger partial charge in [-0.15, -0.1) is 0 Å². The van der Waals surface area contributed by atoms with Crippen LogP contribution in [0, 0.1) is 5.82 Å². The molecule has 0 radical (unpaired) electrons. The van der Waals surface area contributed by atoms with Crippen LogP contribution in [0.25, 0.3) is 0 Å². The van der Waals surface area contributed by atoms with Crippen LogP contribution in [0.1, 0.15) is 49.4 Å². The standard InChI is InChI=1S/C18H20ClFN4O2/c19-15-9-12(20)7-6-11(15)10-24-18(26)23-8-2-5-14(16(23)22-24)17(25)21-13-3-1-4-13/h6-7,9,13-14H,1-5,8,10H2,(H,21,25). The highest BCUT2D eigenvalue weighted by Crippen LogP contribution is 2.27. The summed E-state index contributed by atoms with van der Waals surface area (Å²) in [6.45, 7) is 0.702. The van der Waals surface area contributed by atoms with E-state index in [9.17, 15) is 14.0 Å². The summed E-state index contributed by atoms with van der Waals surface area (Å²) in [5.74, 6) is -0.367. The molecule has 1 amide bonds. The summed E-state index contributed by atoms with van der Waals surface area (Å²) in [5.41, 5.74) is 0.350. The smallest absolute Gasteiger partial charge is 0.346 e. The van der Waals surface area contributed by atoms with Crippen LogP contribution in [0.15, 0.2) is 23.0 Å². The minimum Gasteiger partial charge on any atom is -0.353 e. The zero-order valence-electron chi connectivity index (χ0n) is 14.3. The van der Waals surface area contributed by atoms with Crippen LogP contribution in [0.5, 0.6) is 0 Å². The number of carbonyl (C=O) groups excluding carboxylic acids is 1. The van der Waals surface area contributed by atoms with Crippen LogP contribution >= 0.6 is 11.6 Å². The molecule has 1 N–H and O–H groups in total. The molecule has 1 aromatic heterocycles. The normalized spacial score (nSPS) is 19.7. The number of aromatic nitrogens is 3. The number of hydrogen-bond donors (Lipinski definition) is 1. The third kappa shape index (κ3) is 3.16. The van der Waals surface area contributed by atoms with E-state index in [1.807, 2.05) is 0 Å². The molecule has 1 saturated carbocycles. The number of nitrogens with zero attached hydrogens (tertiary/aromatic N) is 3. The number of amides is 1. The zero-order chi connectivity index (χ0) is 18.3. The molecule has 0 saturated heterocycles. The molecule has 1 fully saturated rings. The minimum absolute atomic E-state index is 0.0485. The van der Waals surface area contributed by atoms with Crippen molar-refractivity contribution in [2.45, 2.75) is 57.2 Å². The molecular weight excluding hydrogens is 359 g/mol. The van der Waals surface area contributed by atoms with Crippen molar-refractivity contribution < 1.29 is 9.18 Å². The third-order valence-electron chi connectivity index (χ3n) is 5.24. The van der Waals surface area contributed by atoms with Crippen LogP contribution in [0.4, 0.5) is 4.39 Å². The lowest BCUT2D eigenvalue weighted by atomic mass is 9.91. The Morgan fingerprint density at radius 3 is 2.81 bits per heavy atom. The molecule has 1 aliphatic heterocycles. The fourth-order valence-corrected chi connectivity index (χ4v) is 3.75. The Labute approximate surface area is 155 Å². The first-order chi connectivity index (χ1) is 12.5. The van der Waals surface area contributed by atoms with Gasteiger partial charge in [-0.2, -0.15) is 5.10 Å². The Kier molecular flexibility index (Phi) is 4.56. The van der Waals surface area contributed by atoms with Crippen molar-refractivity contribution in [1.29, 1.82) is 0 Å². The van der Waals surface area contributed by atoms with Crippen molar-refractivity contribution in [3.63, 3.8) is 0 Å². The van der Waals surface area contributed by atoms with Gasteiger partial charge in [0.1, 0.15) is 11.6 Å². The van der Waals surface area contributed by atoms with Crippen molar-refractivity contribution in [1.82, 2.24) is 19.7 Å². The van der Waals surface area contributed by atoms with Crippen LogP contribution in [0.2, 0.25) is 5.02 Å². The largest absolute Gasteiger partial charge is 0.353 e. The Morgan fingerprint density at radius 1 is 1.31 bits per heavy atom. The number of rotatable bonds is 4. The summed E-state index contributed by atoms with van der Waals surface area (Å²) in [6.07, 6.45) is 4.63. The lowest BCUT2D eigenvalue weighted by Crippen LogP contribution is -2.43. The Bertz CT molecular complexity index is 903. The van der Waals surface area contributed by atoms with Gasteiger partial charge in [0.05, 0.1) is 12.5 Å². The van der Waals surface area contributed by atoms with Crippen LogP contribution in [-0.4, -0.2) is 26.3 Å². The monoisotopic (exact) mass is 378 g/mol. The van der Waals surface area contributed by atoms with Gasteiger partial charge in [0, 0.05) is 17.6 Å². The second kappa shape index (κ2) is 6.87. The van der Waals surface area contributed by atoms with Gasteiger partial charge in [-0.3, -0.25) is 9.36 Å². The van der Waals surface area contributed by atoms with Crippen LogP contribution < -0.4 is 11.0 Å². The van der Waals surface area contributed by atoms with E-state index in [0.717, 1.165) is 25.7 Å². The van der Waals surface area contributed by atoms with Crippen molar-refractivity contribution in [3.05, 3.63) is 50.9 Å². The maximum absolute atomic E-state index is 13.2. The summed E-state index contributed by atoms with van der Waals surface area (Å²) >= 11 is 6.06. The van der Waals surface area contributed by atoms with E-state index < -0.39 is 11.7 Å². The van der Waals surface area contributed by atoms with E-state index in [1.165, 1.54) is 16.8 Å². The first-order valence-electron chi connectivity index (χ1n) is 8.95. The molecule has 26 heavy (non-hydrogen) atoms. The minimum atomic E-state index is -0.428. The average molecular weight is 379 g/mol. The summed E-state index contributed by atoms with van der Waals surface area (Å²) in [5, 5.41) is 7.72. The molecule has 2 aliphatic rings. The van der Waals surface area contributed by atoms with E-state index in [1.54, 1.807) is 10.6 Å². The highest BCUT2D eigenvalue weighted by atomic mass is 35.5. The van der Waals surface area contributed by atoms with Crippen molar-refractivity contribution in [2.24, 2.45) is 0 Å². The number of fused-ring (bicyclic) bond motifs is 1. The van der Waals surface area contributed by atoms with Gasteiger partial charge in [-0.1, -0.05) is 17.7 Å². The predicted octanol–water partition coefficient (Wildman–Crippen LogP) is 2.43. The van der Waals surface area contributed by atoms with E-state index in [4.69, 9.17) is 11.6 Å². The molecule has 1 unspecified atom stereocenters. The molecule has 6 nitrogen and oxygen atoms in total. The first kappa shape index (κ1) is 17.3. The van der Waals surface area contributed by atoms with Crippen LogP contribution in [0.3, 0.4) is 0 Å². The quantitative estimate of drug-likeness (QED) is 0.888. The van der Waals surface area contributed by atoms with Gasteiger partial charge in [0.25, 0.3) is 0 Å². The maximum Gasteiger partial charge on any atom is 0.346 e. The molecule has 1 aliphatic carbocycles. The SMILES string of the molecule is O=C(NC1CCC1)C1CCCn2c1nn(Cc1ccc(F)cc1Cl)c2=O. The van der Waals surface area contributed by atoms with E-state index in [-0.39, 0.29) is 29.2 Å². The molecular formula is C18H20ClFN4O2. The fourth-order valence-electron chi connectivity index (χ4n) is 3.53. The van der Waals surface area contributed by atoms with Gasteiger partial charge < -0.3 is 5.32 Å². The summed E-state index contributed by atoms with van der Waals surface area (Å²) in [6, 6.07) is 4.32. The highest BCUT2D eigenvalue weighted by molar-refractivity contribution is 6.31. The lowest BCUT2D eigenvalue weighted by Gasteiger charge is -2.29. The van der Waals surface area contributed by atoms with Gasteiger partial charge in [0.2, 0.25) is 5.91 Å². The van der Waals surface area contributed by atoms with Gasteiger partial charge in [0.15, 0.2) is 0 Å². The number of hydrogen-bond acceptors (Lipinski definition) is 3. The first-order valence-corrected chi connectivity index (χ1v) is 9.32. The predicted molar refractivity (Wildman–Crippen MR) is 94.8 cm³/mol. The molecule has 2 heterocycles. The lowest BCUT2D eigenvalue weighted by molar-refractivity contribution is -0.124. The molecule has 4 rings (SSSR count). The zero-order valence-corrected chi connectivity index (χ0v) is 15.0. The average Bonchev–Trinajstić information content (AvgIpc) is 2.89. The Morgan fingerprint density at radius 2 is 2.12 bits per heavy atom. The number of halogens is 2. The molecule has 2 aromatic rings. The molecule has 0 spiro atoms. The third-order valence-corrected chi connectivity index (χ3v) is 5.59. The number of carbonyl (C=O) groups is 1. The van der Waals surface area contributed by atoms with Crippen LogP contribution in [-0.2, 0) is 17.9 Å². The van der Waals surface area contributed by atoms with Gasteiger partial charge in [-0.25, -0.2) is 13.9 Å². The molecule has 138 valence electrons. The Hall–Kier alpha value is -2.15. The summed E-state index contributed by atoms with van der Waals surface area (Å²) in [4.78, 5) is 25.3. The fraction of sp³-hybridized carbons (Fsp3) is 0.500. The van der Waals surface area contributed by atoms with Crippen molar-refractivity contribution in [2.75, 3.05) is 0 Å². The van der Waals surface area contributed by atoms with Gasteiger partial charge >= 0.3 is 5.69 Å². The Balaban J connectivity index is 1.60.